The summed E-state index contributed by atoms with van der Waals surface area (Å²) in [4.78, 5) is 11.5. The van der Waals surface area contributed by atoms with E-state index in [9.17, 15) is 4.79 Å². The second kappa shape index (κ2) is 5.60. The highest BCUT2D eigenvalue weighted by atomic mass is 35.5. The molecule has 0 saturated heterocycles. The minimum absolute atomic E-state index is 0.0918. The van der Waals surface area contributed by atoms with Crippen LogP contribution < -0.4 is 10.1 Å². The first-order valence-electron chi connectivity index (χ1n) is 5.10. The third kappa shape index (κ3) is 4.80. The number of benzene rings is 1. The van der Waals surface area contributed by atoms with Gasteiger partial charge in [-0.05, 0) is 32.0 Å². The van der Waals surface area contributed by atoms with Crippen molar-refractivity contribution in [2.45, 2.75) is 19.4 Å². The van der Waals surface area contributed by atoms with Crippen LogP contribution in [0, 0.1) is 12.3 Å². The number of carbonyl (C=O) groups excluding carboxylic acids is 1. The number of hydrogen-bond donors (Lipinski definition) is 1. The molecule has 0 unspecified atom stereocenters. The van der Waals surface area contributed by atoms with Gasteiger partial charge in [0.15, 0.2) is 6.61 Å². The van der Waals surface area contributed by atoms with Crippen molar-refractivity contribution in [2.75, 3.05) is 6.61 Å². The summed E-state index contributed by atoms with van der Waals surface area (Å²) in [7, 11) is 0. The number of amides is 1. The quantitative estimate of drug-likeness (QED) is 0.834. The summed E-state index contributed by atoms with van der Waals surface area (Å²) in [5.41, 5.74) is -0.672. The van der Waals surface area contributed by atoms with Crippen LogP contribution >= 0.6 is 11.6 Å². The minimum Gasteiger partial charge on any atom is -0.484 e. The molecule has 17 heavy (non-hydrogen) atoms. The SMILES string of the molecule is C#CC(C)(C)NC(=O)COc1cccc(Cl)c1. The lowest BCUT2D eigenvalue weighted by molar-refractivity contribution is -0.124. The molecule has 0 aliphatic carbocycles. The molecule has 90 valence electrons. The Hall–Kier alpha value is -1.66. The smallest absolute Gasteiger partial charge is 0.259 e. The molecule has 0 saturated carbocycles. The Morgan fingerprint density at radius 3 is 2.88 bits per heavy atom. The molecule has 0 aliphatic rings. The van der Waals surface area contributed by atoms with E-state index in [1.807, 2.05) is 0 Å². The van der Waals surface area contributed by atoms with Crippen LogP contribution in [0.2, 0.25) is 5.02 Å². The number of rotatable bonds is 4. The predicted octanol–water partition coefficient (Wildman–Crippen LogP) is 2.25. The van der Waals surface area contributed by atoms with Gasteiger partial charge in [-0.3, -0.25) is 4.79 Å². The van der Waals surface area contributed by atoms with Crippen LogP contribution in [0.5, 0.6) is 5.75 Å². The van der Waals surface area contributed by atoms with Gasteiger partial charge in [0.1, 0.15) is 5.75 Å². The highest BCUT2D eigenvalue weighted by Crippen LogP contribution is 2.16. The van der Waals surface area contributed by atoms with Crippen molar-refractivity contribution in [3.8, 4) is 18.1 Å². The van der Waals surface area contributed by atoms with Gasteiger partial charge in [-0.2, -0.15) is 0 Å². The molecule has 1 rings (SSSR count). The summed E-state index contributed by atoms with van der Waals surface area (Å²) in [6.07, 6.45) is 5.26. The first-order valence-corrected chi connectivity index (χ1v) is 5.48. The molecule has 1 aromatic rings. The zero-order valence-electron chi connectivity index (χ0n) is 9.79. The van der Waals surface area contributed by atoms with Crippen LogP contribution in [-0.4, -0.2) is 18.1 Å². The zero-order chi connectivity index (χ0) is 12.9. The summed E-state index contributed by atoms with van der Waals surface area (Å²) in [6.45, 7) is 3.39. The highest BCUT2D eigenvalue weighted by Gasteiger charge is 2.16. The topological polar surface area (TPSA) is 38.3 Å². The molecular formula is C13H14ClNO2. The number of ether oxygens (including phenoxy) is 1. The highest BCUT2D eigenvalue weighted by molar-refractivity contribution is 6.30. The van der Waals surface area contributed by atoms with Crippen molar-refractivity contribution in [2.24, 2.45) is 0 Å². The standard InChI is InChI=1S/C13H14ClNO2/c1-4-13(2,3)15-12(16)9-17-11-7-5-6-10(14)8-11/h1,5-8H,9H2,2-3H3,(H,15,16). The van der Waals surface area contributed by atoms with Gasteiger partial charge in [0.05, 0.1) is 5.54 Å². The van der Waals surface area contributed by atoms with Gasteiger partial charge in [-0.25, -0.2) is 0 Å². The molecule has 1 amide bonds. The maximum absolute atomic E-state index is 11.5. The lowest BCUT2D eigenvalue weighted by Crippen LogP contribution is -2.44. The van der Waals surface area contributed by atoms with E-state index in [0.29, 0.717) is 10.8 Å². The Morgan fingerprint density at radius 1 is 1.59 bits per heavy atom. The fourth-order valence-corrected chi connectivity index (χ4v) is 1.31. The molecule has 3 nitrogen and oxygen atoms in total. The van der Waals surface area contributed by atoms with E-state index in [4.69, 9.17) is 22.8 Å². The summed E-state index contributed by atoms with van der Waals surface area (Å²) in [5.74, 6) is 2.75. The van der Waals surface area contributed by atoms with Gasteiger partial charge < -0.3 is 10.1 Å². The van der Waals surface area contributed by atoms with Gasteiger partial charge in [-0.1, -0.05) is 23.6 Å². The Kier molecular flexibility index (Phi) is 4.42. The van der Waals surface area contributed by atoms with E-state index in [0.717, 1.165) is 0 Å². The lowest BCUT2D eigenvalue weighted by atomic mass is 10.1. The molecule has 0 heterocycles. The van der Waals surface area contributed by atoms with E-state index in [2.05, 4.69) is 11.2 Å². The number of halogens is 1. The van der Waals surface area contributed by atoms with Crippen molar-refractivity contribution >= 4 is 17.5 Å². The van der Waals surface area contributed by atoms with Crippen LogP contribution in [0.3, 0.4) is 0 Å². The second-order valence-electron chi connectivity index (χ2n) is 4.06. The molecule has 0 spiro atoms. The van der Waals surface area contributed by atoms with Crippen molar-refractivity contribution in [1.29, 1.82) is 0 Å². The average Bonchev–Trinajstić information content (AvgIpc) is 2.26. The number of nitrogens with one attached hydrogen (secondary N) is 1. The fraction of sp³-hybridized carbons (Fsp3) is 0.308. The molecule has 0 atom stereocenters. The predicted molar refractivity (Wildman–Crippen MR) is 68.0 cm³/mol. The molecule has 0 radical (unpaired) electrons. The molecule has 0 aliphatic heterocycles. The van der Waals surface area contributed by atoms with Crippen molar-refractivity contribution in [3.05, 3.63) is 29.3 Å². The van der Waals surface area contributed by atoms with Crippen LogP contribution in [0.25, 0.3) is 0 Å². The normalized spacial score (nSPS) is 10.5. The molecule has 1 aromatic carbocycles. The third-order valence-corrected chi connectivity index (χ3v) is 2.21. The van der Waals surface area contributed by atoms with E-state index >= 15 is 0 Å². The summed E-state index contributed by atoms with van der Waals surface area (Å²) >= 11 is 5.78. The number of terminal acetylenes is 1. The van der Waals surface area contributed by atoms with Crippen LogP contribution in [0.4, 0.5) is 0 Å². The van der Waals surface area contributed by atoms with Crippen LogP contribution in [0.1, 0.15) is 13.8 Å². The van der Waals surface area contributed by atoms with Crippen molar-refractivity contribution < 1.29 is 9.53 Å². The second-order valence-corrected chi connectivity index (χ2v) is 4.50. The largest absolute Gasteiger partial charge is 0.484 e. The molecular weight excluding hydrogens is 238 g/mol. The monoisotopic (exact) mass is 251 g/mol. The van der Waals surface area contributed by atoms with Crippen LogP contribution in [-0.2, 0) is 4.79 Å². The van der Waals surface area contributed by atoms with Gasteiger partial charge >= 0.3 is 0 Å². The molecule has 0 aromatic heterocycles. The number of hydrogen-bond acceptors (Lipinski definition) is 2. The lowest BCUT2D eigenvalue weighted by Gasteiger charge is -2.19. The average molecular weight is 252 g/mol. The molecule has 1 N–H and O–H groups in total. The Bertz CT molecular complexity index is 449. The Morgan fingerprint density at radius 2 is 2.29 bits per heavy atom. The van der Waals surface area contributed by atoms with Gasteiger partial charge in [-0.15, -0.1) is 6.42 Å². The van der Waals surface area contributed by atoms with E-state index in [1.54, 1.807) is 38.1 Å². The van der Waals surface area contributed by atoms with Gasteiger partial charge in [0.2, 0.25) is 0 Å². The first kappa shape index (κ1) is 13.4. The number of carbonyl (C=O) groups is 1. The maximum Gasteiger partial charge on any atom is 0.259 e. The Balaban J connectivity index is 2.47. The van der Waals surface area contributed by atoms with Gasteiger partial charge in [0.25, 0.3) is 5.91 Å². The van der Waals surface area contributed by atoms with E-state index < -0.39 is 5.54 Å². The minimum atomic E-state index is -0.672. The summed E-state index contributed by atoms with van der Waals surface area (Å²) in [6, 6.07) is 6.85. The molecule has 0 bridgehead atoms. The maximum atomic E-state index is 11.5. The van der Waals surface area contributed by atoms with Crippen molar-refractivity contribution in [1.82, 2.24) is 5.32 Å². The third-order valence-electron chi connectivity index (χ3n) is 1.98. The molecule has 4 heteroatoms. The zero-order valence-corrected chi connectivity index (χ0v) is 10.5. The molecule has 0 fully saturated rings. The van der Waals surface area contributed by atoms with Crippen molar-refractivity contribution in [3.63, 3.8) is 0 Å². The Labute approximate surface area is 106 Å². The fourth-order valence-electron chi connectivity index (χ4n) is 1.13. The summed E-state index contributed by atoms with van der Waals surface area (Å²) < 4.78 is 5.27. The first-order chi connectivity index (χ1) is 7.93. The van der Waals surface area contributed by atoms with Gasteiger partial charge in [0, 0.05) is 5.02 Å². The summed E-state index contributed by atoms with van der Waals surface area (Å²) in [5, 5.41) is 3.22. The van der Waals surface area contributed by atoms with E-state index in [1.165, 1.54) is 0 Å². The van der Waals surface area contributed by atoms with E-state index in [-0.39, 0.29) is 12.5 Å². The van der Waals surface area contributed by atoms with Crippen LogP contribution in [0.15, 0.2) is 24.3 Å².